The quantitative estimate of drug-likeness (QED) is 0.230. The molecular formula is C29H25N3O6. The van der Waals surface area contributed by atoms with Crippen LogP contribution in [0.2, 0.25) is 0 Å². The Kier molecular flexibility index (Phi) is 5.56. The molecule has 0 aliphatic carbocycles. The number of anilines is 1. The summed E-state index contributed by atoms with van der Waals surface area (Å²) in [4.78, 5) is 36.0. The number of H-pyrrole nitrogens is 1. The summed E-state index contributed by atoms with van der Waals surface area (Å²) in [6, 6.07) is 16.7. The first kappa shape index (κ1) is 23.6. The van der Waals surface area contributed by atoms with E-state index in [1.54, 1.807) is 74.9 Å². The molecule has 3 aromatic carbocycles. The highest BCUT2D eigenvalue weighted by Crippen LogP contribution is 2.43. The van der Waals surface area contributed by atoms with Crippen molar-refractivity contribution < 1.29 is 28.9 Å². The van der Waals surface area contributed by atoms with Gasteiger partial charge in [0.1, 0.15) is 29.1 Å². The number of hydrogen-bond donors (Lipinski definition) is 2. The minimum atomic E-state index is -0.924. The predicted molar refractivity (Wildman–Crippen MR) is 141 cm³/mol. The summed E-state index contributed by atoms with van der Waals surface area (Å²) >= 11 is 0. The summed E-state index contributed by atoms with van der Waals surface area (Å²) in [5.74, 6) is 0.325. The van der Waals surface area contributed by atoms with Crippen molar-refractivity contribution in [3.8, 4) is 17.2 Å². The molecule has 2 aliphatic rings. The first-order valence-corrected chi connectivity index (χ1v) is 12.2. The van der Waals surface area contributed by atoms with Crippen LogP contribution in [0.5, 0.6) is 17.2 Å². The van der Waals surface area contributed by atoms with Gasteiger partial charge in [-0.15, -0.1) is 0 Å². The summed E-state index contributed by atoms with van der Waals surface area (Å²) < 4.78 is 16.4. The monoisotopic (exact) mass is 511 g/mol. The van der Waals surface area contributed by atoms with Crippen LogP contribution < -0.4 is 19.1 Å². The molecule has 1 amide bonds. The molecule has 1 fully saturated rings. The molecule has 9 heteroatoms. The lowest BCUT2D eigenvalue weighted by molar-refractivity contribution is -0.132. The maximum atomic E-state index is 13.5. The van der Waals surface area contributed by atoms with Crippen molar-refractivity contribution in [3.63, 3.8) is 0 Å². The Morgan fingerprint density at radius 3 is 2.50 bits per heavy atom. The molecule has 2 N–H and O–H groups in total. The molecule has 38 heavy (non-hydrogen) atoms. The number of amides is 1. The van der Waals surface area contributed by atoms with Crippen molar-refractivity contribution in [1.29, 1.82) is 0 Å². The van der Waals surface area contributed by atoms with E-state index >= 15 is 0 Å². The highest BCUT2D eigenvalue weighted by molar-refractivity contribution is 6.51. The molecule has 0 spiro atoms. The van der Waals surface area contributed by atoms with Crippen molar-refractivity contribution in [2.45, 2.75) is 25.5 Å². The summed E-state index contributed by atoms with van der Waals surface area (Å²) in [5.41, 5.74) is 3.20. The lowest BCUT2D eigenvalue weighted by Gasteiger charge is -2.23. The average molecular weight is 512 g/mol. The van der Waals surface area contributed by atoms with E-state index in [2.05, 4.69) is 9.97 Å². The highest BCUT2D eigenvalue weighted by atomic mass is 16.5. The molecule has 2 unspecified atom stereocenters. The molecule has 3 heterocycles. The van der Waals surface area contributed by atoms with Crippen LogP contribution >= 0.6 is 0 Å². The number of ether oxygens (including phenoxy) is 3. The summed E-state index contributed by atoms with van der Waals surface area (Å²) in [6.07, 6.45) is 0.716. The molecule has 1 saturated heterocycles. The van der Waals surface area contributed by atoms with E-state index in [1.807, 2.05) is 6.92 Å². The number of aliphatic hydroxyl groups is 1. The smallest absolute Gasteiger partial charge is 0.302 e. The maximum Gasteiger partial charge on any atom is 0.302 e. The number of ketones is 1. The predicted octanol–water partition coefficient (Wildman–Crippen LogP) is 4.53. The zero-order valence-electron chi connectivity index (χ0n) is 21.0. The van der Waals surface area contributed by atoms with Crippen molar-refractivity contribution in [2.24, 2.45) is 0 Å². The van der Waals surface area contributed by atoms with E-state index < -0.39 is 17.7 Å². The number of methoxy groups -OCH3 is 2. The summed E-state index contributed by atoms with van der Waals surface area (Å²) in [6.45, 7) is 1.97. The zero-order chi connectivity index (χ0) is 26.6. The number of carbonyl (C=O) groups excluding carboxylic acids is 2. The first-order chi connectivity index (χ1) is 18.4. The minimum absolute atomic E-state index is 0.0230. The second-order valence-electron chi connectivity index (χ2n) is 9.34. The molecule has 0 radical (unpaired) electrons. The molecule has 2 aliphatic heterocycles. The van der Waals surface area contributed by atoms with E-state index in [4.69, 9.17) is 14.2 Å². The fourth-order valence-electron chi connectivity index (χ4n) is 5.09. The molecule has 2 atom stereocenters. The number of hydrogen-bond acceptors (Lipinski definition) is 7. The number of fused-ring (bicyclic) bond motifs is 2. The average Bonchev–Trinajstić information content (AvgIpc) is 3.60. The van der Waals surface area contributed by atoms with Crippen molar-refractivity contribution in [2.75, 3.05) is 19.1 Å². The van der Waals surface area contributed by atoms with Gasteiger partial charge in [-0.3, -0.25) is 14.5 Å². The number of aromatic amines is 1. The van der Waals surface area contributed by atoms with Crippen molar-refractivity contribution >= 4 is 34.4 Å². The normalized spacial score (nSPS) is 20.0. The Morgan fingerprint density at radius 2 is 1.76 bits per heavy atom. The molecule has 1 aromatic heterocycles. The number of nitrogens with one attached hydrogen (secondary N) is 1. The van der Waals surface area contributed by atoms with Crippen LogP contribution in [0.3, 0.4) is 0 Å². The summed E-state index contributed by atoms with van der Waals surface area (Å²) in [7, 11) is 3.12. The third-order valence-electron chi connectivity index (χ3n) is 6.95. The molecule has 6 rings (SSSR count). The molecule has 0 bridgehead atoms. The third-order valence-corrected chi connectivity index (χ3v) is 6.95. The van der Waals surface area contributed by atoms with Gasteiger partial charge >= 0.3 is 5.91 Å². The van der Waals surface area contributed by atoms with Gasteiger partial charge in [-0.25, -0.2) is 4.98 Å². The number of aromatic nitrogens is 2. The largest absolute Gasteiger partial charge is 0.507 e. The number of aliphatic hydroxyl groups excluding tert-OH is 1. The first-order valence-electron chi connectivity index (χ1n) is 12.2. The summed E-state index contributed by atoms with van der Waals surface area (Å²) in [5, 5.41) is 11.5. The van der Waals surface area contributed by atoms with E-state index in [9.17, 15) is 14.7 Å². The lowest BCUT2D eigenvalue weighted by atomic mass is 9.94. The van der Waals surface area contributed by atoms with Crippen LogP contribution in [0.1, 0.15) is 29.7 Å². The van der Waals surface area contributed by atoms with Crippen LogP contribution in [-0.4, -0.2) is 47.1 Å². The van der Waals surface area contributed by atoms with Gasteiger partial charge in [-0.05, 0) is 60.5 Å². The van der Waals surface area contributed by atoms with Gasteiger partial charge in [0.15, 0.2) is 0 Å². The Balaban J connectivity index is 1.52. The fourth-order valence-corrected chi connectivity index (χ4v) is 5.09. The van der Waals surface area contributed by atoms with Gasteiger partial charge in [0.05, 0.1) is 36.9 Å². The van der Waals surface area contributed by atoms with Gasteiger partial charge < -0.3 is 24.3 Å². The van der Waals surface area contributed by atoms with Gasteiger partial charge in [0, 0.05) is 18.1 Å². The maximum absolute atomic E-state index is 13.5. The van der Waals surface area contributed by atoms with Crippen LogP contribution in [0.15, 0.2) is 66.2 Å². The zero-order valence-corrected chi connectivity index (χ0v) is 21.0. The number of imidazole rings is 1. The topological polar surface area (TPSA) is 114 Å². The molecule has 9 nitrogen and oxygen atoms in total. The van der Waals surface area contributed by atoms with Gasteiger partial charge in [-0.1, -0.05) is 12.1 Å². The Bertz CT molecular complexity index is 1620. The second-order valence-corrected chi connectivity index (χ2v) is 9.34. The lowest BCUT2D eigenvalue weighted by Crippen LogP contribution is -2.30. The van der Waals surface area contributed by atoms with E-state index in [1.165, 1.54) is 4.90 Å². The van der Waals surface area contributed by atoms with Crippen LogP contribution in [0.25, 0.3) is 16.8 Å². The Labute approximate surface area is 218 Å². The molecular weight excluding hydrogens is 486 g/mol. The Morgan fingerprint density at radius 1 is 1.03 bits per heavy atom. The van der Waals surface area contributed by atoms with Crippen LogP contribution in [0.4, 0.5) is 5.95 Å². The SMILES string of the molecule is COc1ccc(C2/C(=C(\O)c3ccc4c(c3)CC(C)O4)C(=O)C(=O)N2c2nc3ccc(OC)cc3[nH]2)cc1. The van der Waals surface area contributed by atoms with Gasteiger partial charge in [0.25, 0.3) is 5.78 Å². The third kappa shape index (κ3) is 3.75. The molecule has 4 aromatic rings. The number of rotatable bonds is 5. The van der Waals surface area contributed by atoms with Crippen molar-refractivity contribution in [1.82, 2.24) is 9.97 Å². The fraction of sp³-hybridized carbons (Fsp3) is 0.207. The van der Waals surface area contributed by atoms with Crippen molar-refractivity contribution in [3.05, 3.63) is 82.9 Å². The Hall–Kier alpha value is -4.79. The van der Waals surface area contributed by atoms with Gasteiger partial charge in [-0.2, -0.15) is 0 Å². The van der Waals surface area contributed by atoms with E-state index in [0.717, 1.165) is 11.3 Å². The standard InChI is InChI=1S/C29H25N3O6/c1-15-12-18-13-17(6-11-23(18)38-15)26(33)24-25(16-4-7-19(36-2)8-5-16)32(28(35)27(24)34)29-30-21-10-9-20(37-3)14-22(21)31-29/h4-11,13-15,25,33H,12H2,1-3H3,(H,30,31)/b26-24+. The number of nitrogens with zero attached hydrogens (tertiary/aromatic N) is 2. The van der Waals surface area contributed by atoms with Crippen LogP contribution in [0, 0.1) is 0 Å². The minimum Gasteiger partial charge on any atom is -0.507 e. The van der Waals surface area contributed by atoms with Gasteiger partial charge in [0.2, 0.25) is 5.95 Å². The number of carbonyl (C=O) groups is 2. The molecule has 0 saturated carbocycles. The molecule has 192 valence electrons. The van der Waals surface area contributed by atoms with Crippen LogP contribution in [-0.2, 0) is 16.0 Å². The number of benzene rings is 3. The van der Waals surface area contributed by atoms with E-state index in [0.29, 0.717) is 40.1 Å². The highest BCUT2D eigenvalue weighted by Gasteiger charge is 2.48. The number of Topliss-reactive ketones (excluding diaryl/α,β-unsaturated/α-hetero) is 1. The second kappa shape index (κ2) is 8.95. The van der Waals surface area contributed by atoms with E-state index in [-0.39, 0.29) is 23.4 Å².